The normalized spacial score (nSPS) is 36.4. The number of carbonyl (C=O) groups excluding carboxylic acids is 2. The highest BCUT2D eigenvalue weighted by Crippen LogP contribution is 2.59. The summed E-state index contributed by atoms with van der Waals surface area (Å²) in [7, 11) is 0. The summed E-state index contributed by atoms with van der Waals surface area (Å²) in [5.41, 5.74) is 3.03. The van der Waals surface area contributed by atoms with Crippen LogP contribution in [-0.4, -0.2) is 42.1 Å². The largest absolute Gasteiger partial charge is 0.447 e. The molecule has 5 nitrogen and oxygen atoms in total. The van der Waals surface area contributed by atoms with Crippen LogP contribution in [0.4, 0.5) is 4.79 Å². The average molecular weight is 383 g/mol. The SMILES string of the molecule is CC(C)(C)c1cccc(C23CCN(C(=O)[C@H]4C[C@]5(COC(=O)N5)C4)CC2C3)c1. The summed E-state index contributed by atoms with van der Waals surface area (Å²) in [6, 6.07) is 9.11. The first-order chi connectivity index (χ1) is 13.2. The zero-order valence-electron chi connectivity index (χ0n) is 17.1. The number of cyclic esters (lactones) is 1. The molecule has 2 heterocycles. The van der Waals surface area contributed by atoms with Crippen molar-refractivity contribution < 1.29 is 14.3 Å². The number of nitrogens with zero attached hydrogens (tertiary/aromatic N) is 1. The number of benzene rings is 1. The van der Waals surface area contributed by atoms with Crippen molar-refractivity contribution in [3.05, 3.63) is 35.4 Å². The quantitative estimate of drug-likeness (QED) is 0.853. The lowest BCUT2D eigenvalue weighted by Crippen LogP contribution is -2.58. The molecule has 1 spiro atoms. The number of fused-ring (bicyclic) bond motifs is 1. The van der Waals surface area contributed by atoms with Crippen molar-refractivity contribution in [2.75, 3.05) is 19.7 Å². The molecule has 28 heavy (non-hydrogen) atoms. The van der Waals surface area contributed by atoms with Gasteiger partial charge in [0.15, 0.2) is 0 Å². The number of hydrogen-bond donors (Lipinski definition) is 1. The fourth-order valence-electron chi connectivity index (χ4n) is 5.64. The highest BCUT2D eigenvalue weighted by Gasteiger charge is 2.59. The highest BCUT2D eigenvalue weighted by atomic mass is 16.6. The zero-order chi connectivity index (χ0) is 19.7. The van der Waals surface area contributed by atoms with Gasteiger partial charge in [-0.2, -0.15) is 0 Å². The van der Waals surface area contributed by atoms with Crippen molar-refractivity contribution in [1.82, 2.24) is 10.2 Å². The van der Waals surface area contributed by atoms with Crippen LogP contribution in [0, 0.1) is 11.8 Å². The standard InChI is InChI=1S/C23H30N2O3/c1-21(2,3)16-5-4-6-17(9-16)23-7-8-25(13-18(23)12-23)19(26)15-10-22(11-15)14-28-20(27)24-22/h4-6,9,15,18H,7-8,10-14H2,1-3H3,(H,24,27)/t15-,18?,22+,23?. The second-order valence-electron chi connectivity index (χ2n) is 10.5. The number of rotatable bonds is 2. The van der Waals surface area contributed by atoms with Crippen LogP contribution >= 0.6 is 0 Å². The Morgan fingerprint density at radius 2 is 2.04 bits per heavy atom. The summed E-state index contributed by atoms with van der Waals surface area (Å²) in [4.78, 5) is 26.4. The fraction of sp³-hybridized carbons (Fsp3) is 0.652. The van der Waals surface area contributed by atoms with Gasteiger partial charge in [0, 0.05) is 24.4 Å². The minimum Gasteiger partial charge on any atom is -0.447 e. The summed E-state index contributed by atoms with van der Waals surface area (Å²) in [6.45, 7) is 8.92. The molecular formula is C23H30N2O3. The van der Waals surface area contributed by atoms with Gasteiger partial charge in [-0.05, 0) is 48.1 Å². The van der Waals surface area contributed by atoms with E-state index in [9.17, 15) is 9.59 Å². The minimum absolute atomic E-state index is 0.0393. The highest BCUT2D eigenvalue weighted by molar-refractivity contribution is 5.82. The first-order valence-electron chi connectivity index (χ1n) is 10.6. The Kier molecular flexibility index (Phi) is 3.69. The molecule has 4 aliphatic rings. The second-order valence-corrected chi connectivity index (χ2v) is 10.5. The van der Waals surface area contributed by atoms with Gasteiger partial charge < -0.3 is 15.0 Å². The van der Waals surface area contributed by atoms with E-state index in [4.69, 9.17) is 4.74 Å². The monoisotopic (exact) mass is 382 g/mol. The van der Waals surface area contributed by atoms with Crippen LogP contribution in [-0.2, 0) is 20.4 Å². The molecule has 4 fully saturated rings. The predicted molar refractivity (Wildman–Crippen MR) is 106 cm³/mol. The van der Waals surface area contributed by atoms with E-state index >= 15 is 0 Å². The van der Waals surface area contributed by atoms with Crippen molar-refractivity contribution in [3.63, 3.8) is 0 Å². The Morgan fingerprint density at radius 1 is 1.25 bits per heavy atom. The molecule has 0 aromatic heterocycles. The molecule has 5 heteroatoms. The Balaban J connectivity index is 1.23. The van der Waals surface area contributed by atoms with E-state index in [2.05, 4.69) is 55.3 Å². The second kappa shape index (κ2) is 5.74. The van der Waals surface area contributed by atoms with Gasteiger partial charge in [0.05, 0.1) is 5.54 Å². The number of ether oxygens (including phenoxy) is 1. The van der Waals surface area contributed by atoms with E-state index < -0.39 is 0 Å². The lowest BCUT2D eigenvalue weighted by atomic mass is 9.68. The topological polar surface area (TPSA) is 58.6 Å². The van der Waals surface area contributed by atoms with E-state index in [1.54, 1.807) is 0 Å². The van der Waals surface area contributed by atoms with Crippen molar-refractivity contribution in [2.24, 2.45) is 11.8 Å². The molecule has 2 aliphatic heterocycles. The molecule has 0 radical (unpaired) electrons. The number of piperidine rings is 1. The lowest BCUT2D eigenvalue weighted by molar-refractivity contribution is -0.142. The number of carbonyl (C=O) groups is 2. The van der Waals surface area contributed by atoms with Gasteiger partial charge in [-0.15, -0.1) is 0 Å². The molecule has 5 rings (SSSR count). The van der Waals surface area contributed by atoms with E-state index in [0.29, 0.717) is 12.5 Å². The molecule has 2 saturated heterocycles. The maximum Gasteiger partial charge on any atom is 0.407 e. The van der Waals surface area contributed by atoms with E-state index in [0.717, 1.165) is 32.4 Å². The van der Waals surface area contributed by atoms with Crippen LogP contribution in [0.5, 0.6) is 0 Å². The smallest absolute Gasteiger partial charge is 0.407 e. The van der Waals surface area contributed by atoms with Gasteiger partial charge in [0.2, 0.25) is 5.91 Å². The number of alkyl carbamates (subject to hydrolysis) is 1. The Hall–Kier alpha value is -2.04. The van der Waals surface area contributed by atoms with Crippen LogP contribution < -0.4 is 5.32 Å². The van der Waals surface area contributed by atoms with Gasteiger partial charge in [-0.25, -0.2) is 4.79 Å². The Labute approximate surface area is 166 Å². The van der Waals surface area contributed by atoms with Crippen LogP contribution in [0.15, 0.2) is 24.3 Å². The minimum atomic E-state index is -0.343. The van der Waals surface area contributed by atoms with E-state index in [1.165, 1.54) is 17.5 Å². The van der Waals surface area contributed by atoms with Gasteiger partial charge >= 0.3 is 6.09 Å². The molecule has 0 bridgehead atoms. The Morgan fingerprint density at radius 3 is 2.68 bits per heavy atom. The van der Waals surface area contributed by atoms with Crippen LogP contribution in [0.2, 0.25) is 0 Å². The first-order valence-corrected chi connectivity index (χ1v) is 10.6. The van der Waals surface area contributed by atoms with Crippen molar-refractivity contribution in [2.45, 2.75) is 62.8 Å². The summed E-state index contributed by atoms with van der Waals surface area (Å²) >= 11 is 0. The number of amides is 2. The fourth-order valence-corrected chi connectivity index (χ4v) is 5.64. The molecule has 1 aromatic carbocycles. The number of likely N-dealkylation sites (tertiary alicyclic amines) is 1. The zero-order valence-corrected chi connectivity index (χ0v) is 17.1. The van der Waals surface area contributed by atoms with Crippen molar-refractivity contribution in [3.8, 4) is 0 Å². The molecule has 1 aromatic rings. The van der Waals surface area contributed by atoms with Gasteiger partial charge in [-0.1, -0.05) is 45.0 Å². The summed E-state index contributed by atoms with van der Waals surface area (Å²) < 4.78 is 5.03. The first kappa shape index (κ1) is 18.0. The van der Waals surface area contributed by atoms with Gasteiger partial charge in [0.25, 0.3) is 0 Å². The predicted octanol–water partition coefficient (Wildman–Crippen LogP) is 3.36. The average Bonchev–Trinajstić information content (AvgIpc) is 3.25. The van der Waals surface area contributed by atoms with Crippen LogP contribution in [0.3, 0.4) is 0 Å². The molecule has 2 amide bonds. The maximum absolute atomic E-state index is 13.0. The Bertz CT molecular complexity index is 836. The number of nitrogens with one attached hydrogen (secondary N) is 1. The van der Waals surface area contributed by atoms with Crippen LogP contribution in [0.1, 0.15) is 57.6 Å². The summed E-state index contributed by atoms with van der Waals surface area (Å²) in [6.07, 6.45) is 3.36. The third-order valence-corrected chi connectivity index (χ3v) is 7.59. The van der Waals surface area contributed by atoms with Gasteiger partial charge in [0.1, 0.15) is 6.61 Å². The van der Waals surface area contributed by atoms with E-state index in [1.807, 2.05) is 0 Å². The van der Waals surface area contributed by atoms with Gasteiger partial charge in [-0.3, -0.25) is 4.79 Å². The molecule has 2 unspecified atom stereocenters. The van der Waals surface area contributed by atoms with Crippen LogP contribution in [0.25, 0.3) is 0 Å². The van der Waals surface area contributed by atoms with E-state index in [-0.39, 0.29) is 34.3 Å². The molecule has 2 atom stereocenters. The molecule has 2 saturated carbocycles. The molecule has 150 valence electrons. The summed E-state index contributed by atoms with van der Waals surface area (Å²) in [5.74, 6) is 0.900. The molecule has 2 aliphatic carbocycles. The summed E-state index contributed by atoms with van der Waals surface area (Å²) in [5, 5.41) is 2.88. The third kappa shape index (κ3) is 2.73. The third-order valence-electron chi connectivity index (χ3n) is 7.59. The lowest BCUT2D eigenvalue weighted by Gasteiger charge is -2.44. The molecular weight excluding hydrogens is 352 g/mol. The van der Waals surface area contributed by atoms with Crippen molar-refractivity contribution >= 4 is 12.0 Å². The number of hydrogen-bond acceptors (Lipinski definition) is 3. The molecule has 1 N–H and O–H groups in total. The van der Waals surface area contributed by atoms with Crippen molar-refractivity contribution in [1.29, 1.82) is 0 Å². The maximum atomic E-state index is 13.0.